The predicted molar refractivity (Wildman–Crippen MR) is 95.7 cm³/mol. The van der Waals surface area contributed by atoms with Crippen molar-refractivity contribution in [2.45, 2.75) is 31.0 Å². The molecule has 2 N–H and O–H groups in total. The highest BCUT2D eigenvalue weighted by atomic mass is 32.2. The Bertz CT molecular complexity index is 1130. The fraction of sp³-hybridized carbons (Fsp3) is 0.438. The molecule has 0 aromatic carbocycles. The average molecular weight is 411 g/mol. The monoisotopic (exact) mass is 411 g/mol. The van der Waals surface area contributed by atoms with E-state index in [1.54, 1.807) is 10.6 Å². The maximum absolute atomic E-state index is 12.4. The van der Waals surface area contributed by atoms with Crippen molar-refractivity contribution < 1.29 is 28.2 Å². The summed E-state index contributed by atoms with van der Waals surface area (Å²) in [4.78, 5) is 30.4. The first-order valence-corrected chi connectivity index (χ1v) is 10.9. The van der Waals surface area contributed by atoms with Gasteiger partial charge in [0.15, 0.2) is 14.9 Å². The van der Waals surface area contributed by atoms with E-state index in [0.29, 0.717) is 15.3 Å². The van der Waals surface area contributed by atoms with E-state index in [0.717, 1.165) is 17.6 Å². The molecule has 9 nitrogen and oxygen atoms in total. The van der Waals surface area contributed by atoms with E-state index in [-0.39, 0.29) is 16.6 Å². The number of aliphatic hydroxyl groups excluding tert-OH is 1. The lowest BCUT2D eigenvalue weighted by Gasteiger charge is -2.46. The van der Waals surface area contributed by atoms with Crippen LogP contribution < -0.4 is 0 Å². The molecule has 4 rings (SSSR count). The number of imidazole rings is 1. The Hall–Kier alpha value is -2.24. The molecule has 1 amide bonds. The molecule has 1 fully saturated rings. The Morgan fingerprint density at radius 3 is 2.63 bits per heavy atom. The molecule has 0 bridgehead atoms. The molecule has 11 heteroatoms. The van der Waals surface area contributed by atoms with Gasteiger partial charge in [-0.15, -0.1) is 11.3 Å². The molecule has 2 aromatic heterocycles. The molecular weight excluding hydrogens is 394 g/mol. The second-order valence-corrected chi connectivity index (χ2v) is 9.91. The fourth-order valence-electron chi connectivity index (χ4n) is 4.05. The number of carboxylic acids is 1. The fourth-order valence-corrected chi connectivity index (χ4v) is 6.40. The number of nitrogens with zero attached hydrogens (tertiary/aromatic N) is 3. The van der Waals surface area contributed by atoms with Crippen LogP contribution in [0.1, 0.15) is 18.7 Å². The number of hydrogen-bond donors (Lipinski definition) is 2. The molecule has 2 aromatic rings. The van der Waals surface area contributed by atoms with E-state index in [1.807, 2.05) is 6.92 Å². The number of carbonyl (C=O) groups is 2. The Kier molecular flexibility index (Phi) is 3.78. The van der Waals surface area contributed by atoms with Gasteiger partial charge in [-0.2, -0.15) is 0 Å². The van der Waals surface area contributed by atoms with E-state index in [1.165, 1.54) is 18.2 Å². The van der Waals surface area contributed by atoms with Crippen molar-refractivity contribution in [3.63, 3.8) is 0 Å². The third-order valence-corrected chi connectivity index (χ3v) is 7.44. The van der Waals surface area contributed by atoms with Crippen LogP contribution in [0.3, 0.4) is 0 Å². The molecule has 0 saturated carbocycles. The molecular formula is C16H17N3O6S2. The van der Waals surface area contributed by atoms with E-state index in [4.69, 9.17) is 0 Å². The summed E-state index contributed by atoms with van der Waals surface area (Å²) in [5.41, 5.74) is 0.366. The zero-order valence-corrected chi connectivity index (χ0v) is 16.3. The smallest absolute Gasteiger partial charge is 0.352 e. The summed E-state index contributed by atoms with van der Waals surface area (Å²) in [7, 11) is -3.53. The average Bonchev–Trinajstić information content (AvgIpc) is 3.15. The van der Waals surface area contributed by atoms with Crippen molar-refractivity contribution in [3.8, 4) is 0 Å². The van der Waals surface area contributed by atoms with Gasteiger partial charge in [0.05, 0.1) is 22.9 Å². The van der Waals surface area contributed by atoms with Crippen LogP contribution in [0, 0.1) is 11.8 Å². The largest absolute Gasteiger partial charge is 0.477 e. The topological polar surface area (TPSA) is 129 Å². The molecule has 4 atom stereocenters. The van der Waals surface area contributed by atoms with Gasteiger partial charge in [-0.1, -0.05) is 6.92 Å². The van der Waals surface area contributed by atoms with Gasteiger partial charge in [0.1, 0.15) is 16.9 Å². The summed E-state index contributed by atoms with van der Waals surface area (Å²) in [5, 5.41) is 19.6. The second-order valence-electron chi connectivity index (χ2n) is 6.95. The summed E-state index contributed by atoms with van der Waals surface area (Å²) >= 11 is 1.12. The van der Waals surface area contributed by atoms with Crippen molar-refractivity contribution in [1.29, 1.82) is 0 Å². The Balaban J connectivity index is 1.88. The first kappa shape index (κ1) is 18.1. The SMILES string of the molecule is C[C@@H](O)[C@H]1C(=O)N2C(C(=O)O)=C(c3cn4cnc(S(C)(=O)=O)c4s3)[C@H](C)[C@@H]12. The predicted octanol–water partition coefficient (Wildman–Crippen LogP) is 0.452. The van der Waals surface area contributed by atoms with Gasteiger partial charge < -0.3 is 15.1 Å². The van der Waals surface area contributed by atoms with Gasteiger partial charge in [-0.05, 0) is 6.92 Å². The Morgan fingerprint density at radius 1 is 1.41 bits per heavy atom. The van der Waals surface area contributed by atoms with Gasteiger partial charge in [0.2, 0.25) is 5.91 Å². The van der Waals surface area contributed by atoms with Gasteiger partial charge in [-0.3, -0.25) is 9.20 Å². The summed E-state index contributed by atoms with van der Waals surface area (Å²) in [6.45, 7) is 3.33. The third kappa shape index (κ3) is 2.38. The van der Waals surface area contributed by atoms with Crippen LogP contribution >= 0.6 is 11.3 Å². The maximum Gasteiger partial charge on any atom is 0.352 e. The number of carboxylic acid groups (broad SMARTS) is 1. The molecule has 0 aliphatic carbocycles. The van der Waals surface area contributed by atoms with Crippen molar-refractivity contribution in [2.24, 2.45) is 11.8 Å². The highest BCUT2D eigenvalue weighted by molar-refractivity contribution is 7.91. The third-order valence-electron chi connectivity index (χ3n) is 5.17. The minimum atomic E-state index is -3.53. The molecule has 0 unspecified atom stereocenters. The summed E-state index contributed by atoms with van der Waals surface area (Å²) < 4.78 is 25.3. The quantitative estimate of drug-likeness (QED) is 0.699. The zero-order chi connectivity index (χ0) is 19.8. The van der Waals surface area contributed by atoms with E-state index < -0.39 is 39.8 Å². The lowest BCUT2D eigenvalue weighted by Crippen LogP contribution is -2.63. The van der Waals surface area contributed by atoms with Gasteiger partial charge in [0, 0.05) is 23.9 Å². The molecule has 2 aliphatic heterocycles. The van der Waals surface area contributed by atoms with E-state index >= 15 is 0 Å². The maximum atomic E-state index is 12.4. The standard InChI is InChI=1S/C16H17N3O6S2/c1-6-9(8-4-18-5-17-13(15(18)26-8)27(3,24)25)12(16(22)23)19-11(6)10(7(2)20)14(19)21/h4-7,10-11,20H,1-3H3,(H,22,23)/t6-,7+,10+,11-/m0/s1. The van der Waals surface area contributed by atoms with Crippen LogP contribution in [-0.2, 0) is 19.4 Å². The van der Waals surface area contributed by atoms with Gasteiger partial charge in [-0.25, -0.2) is 18.2 Å². The number of aliphatic hydroxyl groups is 1. The van der Waals surface area contributed by atoms with Crippen LogP contribution in [0.25, 0.3) is 10.4 Å². The first-order chi connectivity index (χ1) is 12.5. The first-order valence-electron chi connectivity index (χ1n) is 8.19. The lowest BCUT2D eigenvalue weighted by molar-refractivity contribution is -0.163. The number of hydrogen-bond acceptors (Lipinski definition) is 7. The number of carbonyl (C=O) groups excluding carboxylic acids is 1. The number of aromatic nitrogens is 2. The van der Waals surface area contributed by atoms with E-state index in [2.05, 4.69) is 4.98 Å². The number of β-lactam (4-membered cyclic amide) rings is 1. The van der Waals surface area contributed by atoms with Crippen LogP contribution in [-0.4, -0.2) is 63.2 Å². The highest BCUT2D eigenvalue weighted by Crippen LogP contribution is 2.51. The molecule has 27 heavy (non-hydrogen) atoms. The molecule has 144 valence electrons. The molecule has 0 spiro atoms. The number of sulfone groups is 1. The van der Waals surface area contributed by atoms with E-state index in [9.17, 15) is 28.2 Å². The highest BCUT2D eigenvalue weighted by Gasteiger charge is 2.60. The zero-order valence-electron chi connectivity index (χ0n) is 14.6. The second kappa shape index (κ2) is 5.63. The summed E-state index contributed by atoms with van der Waals surface area (Å²) in [6, 6.07) is -0.424. The molecule has 1 saturated heterocycles. The summed E-state index contributed by atoms with van der Waals surface area (Å²) in [5.74, 6) is -2.59. The molecule has 0 radical (unpaired) electrons. The van der Waals surface area contributed by atoms with Crippen molar-refractivity contribution in [1.82, 2.24) is 14.3 Å². The molecule has 4 heterocycles. The van der Waals surface area contributed by atoms with Crippen molar-refractivity contribution in [2.75, 3.05) is 6.26 Å². The van der Waals surface area contributed by atoms with Gasteiger partial charge >= 0.3 is 5.97 Å². The number of aliphatic carboxylic acids is 1. The van der Waals surface area contributed by atoms with Crippen LogP contribution in [0.4, 0.5) is 0 Å². The minimum Gasteiger partial charge on any atom is -0.477 e. The number of fused-ring (bicyclic) bond motifs is 2. The number of rotatable bonds is 4. The normalized spacial score (nSPS) is 26.4. The Labute approximate surface area is 158 Å². The van der Waals surface area contributed by atoms with Gasteiger partial charge in [0.25, 0.3) is 0 Å². The van der Waals surface area contributed by atoms with Crippen LogP contribution in [0.2, 0.25) is 0 Å². The van der Waals surface area contributed by atoms with Crippen LogP contribution in [0.15, 0.2) is 23.2 Å². The molecule has 2 aliphatic rings. The summed E-state index contributed by atoms with van der Waals surface area (Å²) in [6.07, 6.45) is 3.18. The minimum absolute atomic E-state index is 0.0666. The number of amides is 1. The lowest BCUT2D eigenvalue weighted by atomic mass is 9.77. The van der Waals surface area contributed by atoms with Crippen molar-refractivity contribution in [3.05, 3.63) is 23.1 Å². The van der Waals surface area contributed by atoms with Crippen molar-refractivity contribution >= 4 is 43.5 Å². The Morgan fingerprint density at radius 2 is 2.07 bits per heavy atom. The van der Waals surface area contributed by atoms with Crippen LogP contribution in [0.5, 0.6) is 0 Å². The number of thiazole rings is 1.